The molecule has 1 aliphatic rings. The molecule has 0 saturated carbocycles. The molecule has 1 aromatic carbocycles. The van der Waals surface area contributed by atoms with Crippen molar-refractivity contribution in [2.75, 3.05) is 50.8 Å². The number of furan rings is 1. The molecule has 0 bridgehead atoms. The van der Waals surface area contributed by atoms with Gasteiger partial charge >= 0.3 is 6.01 Å². The highest BCUT2D eigenvalue weighted by Gasteiger charge is 2.17. The zero-order valence-electron chi connectivity index (χ0n) is 17.9. The van der Waals surface area contributed by atoms with Crippen LogP contribution in [-0.4, -0.2) is 66.6 Å². The average Bonchev–Trinajstić information content (AvgIpc) is 3.32. The van der Waals surface area contributed by atoms with Crippen LogP contribution in [0.3, 0.4) is 0 Å². The van der Waals surface area contributed by atoms with Gasteiger partial charge in [-0.05, 0) is 18.2 Å². The van der Waals surface area contributed by atoms with Crippen molar-refractivity contribution in [2.24, 2.45) is 5.10 Å². The first kappa shape index (κ1) is 22.0. The van der Waals surface area contributed by atoms with Gasteiger partial charge in [-0.1, -0.05) is 0 Å². The molecule has 0 spiro atoms. The third-order valence-electron chi connectivity index (χ3n) is 4.72. The molecule has 3 heterocycles. The Labute approximate surface area is 188 Å². The van der Waals surface area contributed by atoms with Crippen molar-refractivity contribution in [1.29, 1.82) is 0 Å². The van der Waals surface area contributed by atoms with E-state index < -0.39 is 4.92 Å². The number of non-ortho nitro benzene ring substituents is 1. The fourth-order valence-electron chi connectivity index (χ4n) is 3.11. The second-order valence-corrected chi connectivity index (χ2v) is 6.76. The SMILES string of the molecule is COc1nc(N/N=C\c2ccc(-c3ccc([N+](=O)[O-])cc3OC)o2)nc(N2CCOCC2)n1. The number of hydrogen-bond donors (Lipinski definition) is 1. The van der Waals surface area contributed by atoms with Gasteiger partial charge in [0.05, 0.1) is 50.2 Å². The van der Waals surface area contributed by atoms with Crippen molar-refractivity contribution in [2.45, 2.75) is 0 Å². The highest BCUT2D eigenvalue weighted by molar-refractivity contribution is 5.79. The normalized spacial score (nSPS) is 13.8. The molecular formula is C20H21N7O6. The summed E-state index contributed by atoms with van der Waals surface area (Å²) >= 11 is 0. The molecule has 13 nitrogen and oxygen atoms in total. The Balaban J connectivity index is 1.48. The minimum atomic E-state index is -0.487. The van der Waals surface area contributed by atoms with Crippen molar-refractivity contribution in [3.8, 4) is 23.1 Å². The van der Waals surface area contributed by atoms with E-state index in [0.717, 1.165) is 0 Å². The number of rotatable bonds is 8. The molecule has 0 amide bonds. The van der Waals surface area contributed by atoms with Gasteiger partial charge in [-0.15, -0.1) is 0 Å². The lowest BCUT2D eigenvalue weighted by molar-refractivity contribution is -0.384. The number of nitrogens with zero attached hydrogens (tertiary/aromatic N) is 6. The fourth-order valence-corrected chi connectivity index (χ4v) is 3.11. The molecule has 1 aliphatic heterocycles. The lowest BCUT2D eigenvalue weighted by atomic mass is 10.1. The summed E-state index contributed by atoms with van der Waals surface area (Å²) in [6.45, 7) is 2.51. The van der Waals surface area contributed by atoms with Crippen LogP contribution >= 0.6 is 0 Å². The Bertz CT molecular complexity index is 1160. The van der Waals surface area contributed by atoms with Crippen LogP contribution in [0.2, 0.25) is 0 Å². The predicted octanol–water partition coefficient (Wildman–Crippen LogP) is 2.34. The Kier molecular flexibility index (Phi) is 6.59. The van der Waals surface area contributed by atoms with Gasteiger partial charge in [0, 0.05) is 19.2 Å². The molecule has 1 saturated heterocycles. The number of hydrogen-bond acceptors (Lipinski definition) is 12. The molecule has 2 aromatic heterocycles. The molecule has 0 atom stereocenters. The summed E-state index contributed by atoms with van der Waals surface area (Å²) < 4.78 is 21.6. The van der Waals surface area contributed by atoms with E-state index in [1.807, 2.05) is 4.90 Å². The lowest BCUT2D eigenvalue weighted by Gasteiger charge is -2.26. The Morgan fingerprint density at radius 2 is 1.97 bits per heavy atom. The molecule has 0 unspecified atom stereocenters. The van der Waals surface area contributed by atoms with E-state index in [0.29, 0.717) is 55.1 Å². The summed E-state index contributed by atoms with van der Waals surface area (Å²) in [6, 6.07) is 7.87. The van der Waals surface area contributed by atoms with E-state index in [2.05, 4.69) is 25.5 Å². The van der Waals surface area contributed by atoms with Crippen molar-refractivity contribution < 1.29 is 23.6 Å². The van der Waals surface area contributed by atoms with Crippen LogP contribution in [0.5, 0.6) is 11.8 Å². The highest BCUT2D eigenvalue weighted by Crippen LogP contribution is 2.34. The Morgan fingerprint density at radius 1 is 1.15 bits per heavy atom. The molecule has 1 fully saturated rings. The monoisotopic (exact) mass is 455 g/mol. The van der Waals surface area contributed by atoms with E-state index in [-0.39, 0.29) is 17.6 Å². The summed E-state index contributed by atoms with van der Waals surface area (Å²) in [5.41, 5.74) is 3.25. The number of methoxy groups -OCH3 is 2. The average molecular weight is 455 g/mol. The van der Waals surface area contributed by atoms with Gasteiger partial charge in [-0.25, -0.2) is 5.43 Å². The number of nitro groups is 1. The highest BCUT2D eigenvalue weighted by atomic mass is 16.6. The van der Waals surface area contributed by atoms with Crippen LogP contribution in [0.15, 0.2) is 39.9 Å². The van der Waals surface area contributed by atoms with Gasteiger partial charge in [-0.2, -0.15) is 20.1 Å². The Hall–Kier alpha value is -4.26. The number of morpholine rings is 1. The number of benzene rings is 1. The maximum absolute atomic E-state index is 11.0. The first-order chi connectivity index (χ1) is 16.1. The topological polar surface area (TPSA) is 150 Å². The summed E-state index contributed by atoms with van der Waals surface area (Å²) in [7, 11) is 2.91. The van der Waals surface area contributed by atoms with Crippen LogP contribution in [0.4, 0.5) is 17.6 Å². The zero-order chi connectivity index (χ0) is 23.2. The van der Waals surface area contributed by atoms with Gasteiger partial charge in [0.25, 0.3) is 11.6 Å². The molecule has 0 radical (unpaired) electrons. The summed E-state index contributed by atoms with van der Waals surface area (Å²) in [6.07, 6.45) is 1.45. The molecule has 13 heteroatoms. The molecular weight excluding hydrogens is 434 g/mol. The van der Waals surface area contributed by atoms with E-state index in [9.17, 15) is 10.1 Å². The summed E-state index contributed by atoms with van der Waals surface area (Å²) in [5.74, 6) is 1.91. The number of nitrogens with one attached hydrogen (secondary N) is 1. The minimum Gasteiger partial charge on any atom is -0.496 e. The van der Waals surface area contributed by atoms with Gasteiger partial charge < -0.3 is 23.5 Å². The molecule has 3 aromatic rings. The van der Waals surface area contributed by atoms with Gasteiger partial charge in [0.15, 0.2) is 0 Å². The van der Waals surface area contributed by atoms with Crippen molar-refractivity contribution in [1.82, 2.24) is 15.0 Å². The van der Waals surface area contributed by atoms with Crippen LogP contribution in [0.25, 0.3) is 11.3 Å². The third-order valence-corrected chi connectivity index (χ3v) is 4.72. The number of aromatic nitrogens is 3. The number of nitro benzene ring substituents is 1. The van der Waals surface area contributed by atoms with E-state index in [1.54, 1.807) is 18.2 Å². The van der Waals surface area contributed by atoms with Crippen molar-refractivity contribution in [3.63, 3.8) is 0 Å². The van der Waals surface area contributed by atoms with E-state index in [4.69, 9.17) is 18.6 Å². The van der Waals surface area contributed by atoms with Crippen LogP contribution in [0, 0.1) is 10.1 Å². The minimum absolute atomic E-state index is 0.0719. The van der Waals surface area contributed by atoms with Gasteiger partial charge in [0.1, 0.15) is 17.3 Å². The second-order valence-electron chi connectivity index (χ2n) is 6.76. The standard InChI is InChI=1S/C20H21N7O6/c1-30-17-11-13(27(28)29)3-5-15(17)16-6-4-14(33-16)12-21-25-18-22-19(24-20(23-18)31-2)26-7-9-32-10-8-26/h3-6,11-12H,7-10H2,1-2H3,(H,22,23,24,25)/b21-12-. The maximum Gasteiger partial charge on any atom is 0.322 e. The second kappa shape index (κ2) is 9.91. The number of anilines is 2. The van der Waals surface area contributed by atoms with Crippen LogP contribution in [0.1, 0.15) is 5.76 Å². The van der Waals surface area contributed by atoms with E-state index >= 15 is 0 Å². The van der Waals surface area contributed by atoms with Gasteiger partial charge in [0.2, 0.25) is 5.95 Å². The van der Waals surface area contributed by atoms with E-state index in [1.165, 1.54) is 32.6 Å². The molecule has 1 N–H and O–H groups in total. The van der Waals surface area contributed by atoms with Crippen LogP contribution in [-0.2, 0) is 4.74 Å². The smallest absolute Gasteiger partial charge is 0.322 e. The number of hydrazone groups is 1. The first-order valence-corrected chi connectivity index (χ1v) is 9.92. The fraction of sp³-hybridized carbons (Fsp3) is 0.300. The first-order valence-electron chi connectivity index (χ1n) is 9.92. The molecule has 33 heavy (non-hydrogen) atoms. The molecule has 4 rings (SSSR count). The predicted molar refractivity (Wildman–Crippen MR) is 118 cm³/mol. The van der Waals surface area contributed by atoms with Crippen molar-refractivity contribution >= 4 is 23.8 Å². The van der Waals surface area contributed by atoms with Crippen LogP contribution < -0.4 is 19.8 Å². The summed E-state index contributed by atoms with van der Waals surface area (Å²) in [5, 5.41) is 15.1. The lowest BCUT2D eigenvalue weighted by Crippen LogP contribution is -2.37. The third kappa shape index (κ3) is 5.15. The van der Waals surface area contributed by atoms with Crippen molar-refractivity contribution in [3.05, 3.63) is 46.2 Å². The van der Waals surface area contributed by atoms with Gasteiger partial charge in [-0.3, -0.25) is 10.1 Å². The quantitative estimate of drug-likeness (QED) is 0.303. The largest absolute Gasteiger partial charge is 0.496 e. The maximum atomic E-state index is 11.0. The molecule has 172 valence electrons. The number of ether oxygens (including phenoxy) is 3. The summed E-state index contributed by atoms with van der Waals surface area (Å²) in [4.78, 5) is 25.3. The zero-order valence-corrected chi connectivity index (χ0v) is 17.9. The molecule has 0 aliphatic carbocycles. The Morgan fingerprint density at radius 3 is 2.70 bits per heavy atom.